The minimum Gasteiger partial charge on any atom is -0.396 e. The van der Waals surface area contributed by atoms with Crippen LogP contribution in [0.3, 0.4) is 0 Å². The summed E-state index contributed by atoms with van der Waals surface area (Å²) in [4.78, 5) is 16.2. The fourth-order valence-electron chi connectivity index (χ4n) is 1.99. The van der Waals surface area contributed by atoms with Crippen molar-refractivity contribution in [3.63, 3.8) is 0 Å². The van der Waals surface area contributed by atoms with E-state index >= 15 is 0 Å². The Morgan fingerprint density at radius 2 is 2.11 bits per heavy atom. The summed E-state index contributed by atoms with van der Waals surface area (Å²) in [6.45, 7) is 2.01. The molecule has 3 N–H and O–H groups in total. The molecule has 0 atom stereocenters. The molecule has 96 valence electrons. The molecule has 0 spiro atoms. The van der Waals surface area contributed by atoms with Crippen LogP contribution in [0.1, 0.15) is 5.56 Å². The highest BCUT2D eigenvalue weighted by Gasteiger charge is 2.12. The third-order valence-corrected chi connectivity index (χ3v) is 3.46. The van der Waals surface area contributed by atoms with Crippen LogP contribution in [0.2, 0.25) is 0 Å². The van der Waals surface area contributed by atoms with Crippen LogP contribution in [0.4, 0.5) is 5.69 Å². The van der Waals surface area contributed by atoms with E-state index in [-0.39, 0.29) is 0 Å². The van der Waals surface area contributed by atoms with Crippen molar-refractivity contribution < 1.29 is 0 Å². The minimum absolute atomic E-state index is 0.570. The van der Waals surface area contributed by atoms with E-state index < -0.39 is 0 Å². The number of H-pyrrole nitrogens is 1. The molecular formula is C13H13N5S. The van der Waals surface area contributed by atoms with E-state index in [9.17, 15) is 0 Å². The molecular weight excluding hydrogens is 258 g/mol. The molecule has 3 rings (SSSR count). The zero-order valence-corrected chi connectivity index (χ0v) is 11.5. The van der Waals surface area contributed by atoms with Gasteiger partial charge in [0.2, 0.25) is 0 Å². The smallest absolute Gasteiger partial charge is 0.187 e. The van der Waals surface area contributed by atoms with Crippen molar-refractivity contribution in [1.29, 1.82) is 0 Å². The Hall–Kier alpha value is -2.08. The molecule has 3 aromatic heterocycles. The fraction of sp³-hybridized carbons (Fsp3) is 0.154. The number of rotatable bonds is 2. The molecule has 0 saturated carbocycles. The van der Waals surface area contributed by atoms with E-state index in [1.54, 1.807) is 6.20 Å². The van der Waals surface area contributed by atoms with Gasteiger partial charge in [0.1, 0.15) is 5.65 Å². The molecule has 0 bridgehead atoms. The summed E-state index contributed by atoms with van der Waals surface area (Å²) in [5.74, 6) is 0. The van der Waals surface area contributed by atoms with E-state index in [0.29, 0.717) is 10.8 Å². The second-order valence-electron chi connectivity index (χ2n) is 4.27. The molecule has 0 aliphatic heterocycles. The van der Waals surface area contributed by atoms with Gasteiger partial charge in [-0.25, -0.2) is 15.0 Å². The number of nitrogens with two attached hydrogens (primary N) is 1. The van der Waals surface area contributed by atoms with Gasteiger partial charge in [-0.05, 0) is 24.8 Å². The highest BCUT2D eigenvalue weighted by molar-refractivity contribution is 7.98. The van der Waals surface area contributed by atoms with Crippen LogP contribution < -0.4 is 5.73 Å². The molecule has 6 heteroatoms. The third-order valence-electron chi connectivity index (χ3n) is 2.90. The lowest BCUT2D eigenvalue weighted by molar-refractivity contribution is 0.981. The predicted octanol–water partition coefficient (Wildman–Crippen LogP) is 2.63. The highest BCUT2D eigenvalue weighted by Crippen LogP contribution is 2.31. The van der Waals surface area contributed by atoms with Crippen molar-refractivity contribution in [1.82, 2.24) is 19.9 Å². The maximum absolute atomic E-state index is 6.00. The Morgan fingerprint density at radius 1 is 1.26 bits per heavy atom. The number of hydrogen-bond donors (Lipinski definition) is 2. The average Bonchev–Trinajstić information content (AvgIpc) is 2.82. The summed E-state index contributed by atoms with van der Waals surface area (Å²) in [6, 6.07) is 2.08. The van der Waals surface area contributed by atoms with E-state index in [0.717, 1.165) is 27.9 Å². The van der Waals surface area contributed by atoms with Crippen molar-refractivity contribution in [3.8, 4) is 11.3 Å². The number of aryl methyl sites for hydroxylation is 1. The number of aromatic nitrogens is 4. The quantitative estimate of drug-likeness (QED) is 0.553. The Morgan fingerprint density at radius 3 is 2.89 bits per heavy atom. The van der Waals surface area contributed by atoms with Gasteiger partial charge < -0.3 is 10.7 Å². The lowest BCUT2D eigenvalue weighted by atomic mass is 10.1. The first-order valence-electron chi connectivity index (χ1n) is 5.79. The number of hydrogen-bond acceptors (Lipinski definition) is 5. The molecule has 0 aliphatic carbocycles. The lowest BCUT2D eigenvalue weighted by Crippen LogP contribution is -1.96. The lowest BCUT2D eigenvalue weighted by Gasteiger charge is -2.05. The van der Waals surface area contributed by atoms with Gasteiger partial charge in [-0.2, -0.15) is 0 Å². The summed E-state index contributed by atoms with van der Waals surface area (Å²) in [5.41, 5.74) is 10.2. The number of thioether (sulfide) groups is 1. The SMILES string of the molecule is CSc1ncc(N)c(-c2c[nH]c3ncc(C)cc23)n1. The van der Waals surface area contributed by atoms with Gasteiger partial charge in [0, 0.05) is 23.3 Å². The topological polar surface area (TPSA) is 80.5 Å². The summed E-state index contributed by atoms with van der Waals surface area (Å²) in [5, 5.41) is 1.73. The van der Waals surface area contributed by atoms with Gasteiger partial charge >= 0.3 is 0 Å². The highest BCUT2D eigenvalue weighted by atomic mass is 32.2. The van der Waals surface area contributed by atoms with Crippen molar-refractivity contribution in [2.24, 2.45) is 0 Å². The number of anilines is 1. The Labute approximate surface area is 114 Å². The first-order chi connectivity index (χ1) is 9.19. The second-order valence-corrected chi connectivity index (χ2v) is 5.05. The number of nitrogens with one attached hydrogen (secondary N) is 1. The number of nitrogen functional groups attached to an aromatic ring is 1. The first kappa shape index (κ1) is 12.0. The number of nitrogens with zero attached hydrogens (tertiary/aromatic N) is 3. The van der Waals surface area contributed by atoms with Gasteiger partial charge in [0.05, 0.1) is 17.6 Å². The number of aromatic amines is 1. The zero-order valence-electron chi connectivity index (χ0n) is 10.6. The minimum atomic E-state index is 0.570. The van der Waals surface area contributed by atoms with Crippen molar-refractivity contribution >= 4 is 28.5 Å². The van der Waals surface area contributed by atoms with Crippen LogP contribution >= 0.6 is 11.8 Å². The van der Waals surface area contributed by atoms with Gasteiger partial charge in [-0.1, -0.05) is 11.8 Å². The summed E-state index contributed by atoms with van der Waals surface area (Å²) in [7, 11) is 0. The predicted molar refractivity (Wildman–Crippen MR) is 78.1 cm³/mol. The van der Waals surface area contributed by atoms with Crippen molar-refractivity contribution in [2.75, 3.05) is 12.0 Å². The maximum atomic E-state index is 6.00. The van der Waals surface area contributed by atoms with E-state index in [1.807, 2.05) is 25.6 Å². The van der Waals surface area contributed by atoms with Gasteiger partial charge in [-0.3, -0.25) is 0 Å². The Balaban J connectivity index is 2.26. The van der Waals surface area contributed by atoms with Crippen LogP contribution in [0.5, 0.6) is 0 Å². The van der Waals surface area contributed by atoms with Crippen LogP contribution in [0.15, 0.2) is 29.8 Å². The normalized spacial score (nSPS) is 11.1. The molecule has 3 aromatic rings. The fourth-order valence-corrected chi connectivity index (χ4v) is 2.33. The molecule has 0 fully saturated rings. The largest absolute Gasteiger partial charge is 0.396 e. The summed E-state index contributed by atoms with van der Waals surface area (Å²) in [6.07, 6.45) is 7.31. The van der Waals surface area contributed by atoms with Gasteiger partial charge in [-0.15, -0.1) is 0 Å². The van der Waals surface area contributed by atoms with Crippen LogP contribution in [0, 0.1) is 6.92 Å². The van der Waals surface area contributed by atoms with E-state index in [1.165, 1.54) is 11.8 Å². The van der Waals surface area contributed by atoms with Crippen LogP contribution in [-0.4, -0.2) is 26.2 Å². The summed E-state index contributed by atoms with van der Waals surface area (Å²) >= 11 is 1.49. The van der Waals surface area contributed by atoms with Crippen molar-refractivity contribution in [2.45, 2.75) is 12.1 Å². The van der Waals surface area contributed by atoms with Gasteiger partial charge in [0.25, 0.3) is 0 Å². The summed E-state index contributed by atoms with van der Waals surface area (Å²) < 4.78 is 0. The Kier molecular flexibility index (Phi) is 2.87. The van der Waals surface area contributed by atoms with Crippen LogP contribution in [-0.2, 0) is 0 Å². The standard InChI is InChI=1S/C13H13N5S/c1-7-3-8-9(5-16-12(8)15-4-7)11-10(14)6-17-13(18-11)19-2/h3-6H,14H2,1-2H3,(H,15,16). The molecule has 3 heterocycles. The van der Waals surface area contributed by atoms with Crippen LogP contribution in [0.25, 0.3) is 22.3 Å². The maximum Gasteiger partial charge on any atom is 0.187 e. The molecule has 0 unspecified atom stereocenters. The molecule has 0 aliphatic rings. The Bertz CT molecular complexity index is 750. The molecule has 0 aromatic carbocycles. The van der Waals surface area contributed by atoms with Gasteiger partial charge in [0.15, 0.2) is 5.16 Å². The van der Waals surface area contributed by atoms with E-state index in [4.69, 9.17) is 5.73 Å². The molecule has 0 amide bonds. The zero-order chi connectivity index (χ0) is 13.4. The average molecular weight is 271 g/mol. The molecule has 19 heavy (non-hydrogen) atoms. The molecule has 0 saturated heterocycles. The monoisotopic (exact) mass is 271 g/mol. The molecule has 5 nitrogen and oxygen atoms in total. The van der Waals surface area contributed by atoms with Crippen molar-refractivity contribution in [3.05, 3.63) is 30.2 Å². The number of pyridine rings is 1. The number of fused-ring (bicyclic) bond motifs is 1. The van der Waals surface area contributed by atoms with E-state index in [2.05, 4.69) is 26.0 Å². The third kappa shape index (κ3) is 2.04. The molecule has 0 radical (unpaired) electrons. The first-order valence-corrected chi connectivity index (χ1v) is 7.02. The second kappa shape index (κ2) is 4.55.